The lowest BCUT2D eigenvalue weighted by Gasteiger charge is -2.21. The second-order valence-electron chi connectivity index (χ2n) is 4.60. The molecular weight excluding hydrogens is 239 g/mol. The normalized spacial score (nSPS) is 13.6. The van der Waals surface area contributed by atoms with Crippen LogP contribution in [-0.4, -0.2) is 18.8 Å². The van der Waals surface area contributed by atoms with Crippen molar-refractivity contribution in [2.75, 3.05) is 6.54 Å². The number of rotatable bonds is 6. The van der Waals surface area contributed by atoms with E-state index in [0.29, 0.717) is 13.0 Å². The number of benzene rings is 1. The highest BCUT2D eigenvalue weighted by Crippen LogP contribution is 2.23. The van der Waals surface area contributed by atoms with Crippen molar-refractivity contribution in [2.24, 2.45) is 0 Å². The van der Waals surface area contributed by atoms with Crippen molar-refractivity contribution in [1.82, 2.24) is 5.32 Å². The standard InChI is InChI=1S/C14H20F3N/c1-3-8-18-13(10-14(15,16)17)9-12-7-5-4-6-11(12)2/h4-7,13,18H,3,8-10H2,1-2H3. The van der Waals surface area contributed by atoms with Crippen LogP contribution in [-0.2, 0) is 6.42 Å². The Bertz CT molecular complexity index is 360. The summed E-state index contributed by atoms with van der Waals surface area (Å²) in [5.41, 5.74) is 2.03. The summed E-state index contributed by atoms with van der Waals surface area (Å²) in [5.74, 6) is 0. The average Bonchev–Trinajstić information content (AvgIpc) is 2.27. The quantitative estimate of drug-likeness (QED) is 0.818. The number of aryl methyl sites for hydroxylation is 1. The van der Waals surface area contributed by atoms with E-state index >= 15 is 0 Å². The van der Waals surface area contributed by atoms with Crippen LogP contribution in [0, 0.1) is 6.92 Å². The molecule has 1 unspecified atom stereocenters. The Morgan fingerprint density at radius 3 is 2.44 bits per heavy atom. The molecule has 1 nitrogen and oxygen atoms in total. The van der Waals surface area contributed by atoms with Crippen molar-refractivity contribution in [3.63, 3.8) is 0 Å². The third kappa shape index (κ3) is 5.54. The van der Waals surface area contributed by atoms with Crippen LogP contribution >= 0.6 is 0 Å². The van der Waals surface area contributed by atoms with Gasteiger partial charge in [-0.2, -0.15) is 13.2 Å². The van der Waals surface area contributed by atoms with Crippen LogP contribution in [0.5, 0.6) is 0 Å². The van der Waals surface area contributed by atoms with Gasteiger partial charge in [-0.1, -0.05) is 31.2 Å². The molecule has 0 saturated carbocycles. The molecule has 4 heteroatoms. The largest absolute Gasteiger partial charge is 0.390 e. The van der Waals surface area contributed by atoms with Crippen LogP contribution in [0.25, 0.3) is 0 Å². The molecule has 0 amide bonds. The van der Waals surface area contributed by atoms with Gasteiger partial charge in [0, 0.05) is 6.04 Å². The van der Waals surface area contributed by atoms with E-state index in [4.69, 9.17) is 0 Å². The second kappa shape index (κ2) is 6.78. The van der Waals surface area contributed by atoms with E-state index in [1.807, 2.05) is 38.1 Å². The monoisotopic (exact) mass is 259 g/mol. The fourth-order valence-electron chi connectivity index (χ4n) is 1.95. The molecule has 0 radical (unpaired) electrons. The van der Waals surface area contributed by atoms with E-state index < -0.39 is 18.6 Å². The van der Waals surface area contributed by atoms with Gasteiger partial charge in [0.15, 0.2) is 0 Å². The second-order valence-corrected chi connectivity index (χ2v) is 4.60. The van der Waals surface area contributed by atoms with Crippen molar-refractivity contribution in [3.05, 3.63) is 35.4 Å². The molecule has 1 aromatic carbocycles. The van der Waals surface area contributed by atoms with Gasteiger partial charge in [-0.3, -0.25) is 0 Å². The first-order chi connectivity index (χ1) is 8.42. The molecule has 0 aromatic heterocycles. The summed E-state index contributed by atoms with van der Waals surface area (Å²) >= 11 is 0. The fourth-order valence-corrected chi connectivity index (χ4v) is 1.95. The Balaban J connectivity index is 2.69. The van der Waals surface area contributed by atoms with Crippen LogP contribution in [0.4, 0.5) is 13.2 Å². The SMILES string of the molecule is CCCNC(Cc1ccccc1C)CC(F)(F)F. The third-order valence-corrected chi connectivity index (χ3v) is 2.89. The van der Waals surface area contributed by atoms with E-state index in [2.05, 4.69) is 5.32 Å². The van der Waals surface area contributed by atoms with Crippen LogP contribution in [0.1, 0.15) is 30.9 Å². The zero-order valence-electron chi connectivity index (χ0n) is 10.8. The maximum Gasteiger partial charge on any atom is 0.390 e. The number of nitrogens with one attached hydrogen (secondary N) is 1. The Hall–Kier alpha value is -1.03. The summed E-state index contributed by atoms with van der Waals surface area (Å²) in [7, 11) is 0. The summed E-state index contributed by atoms with van der Waals surface area (Å²) in [5, 5.41) is 2.98. The summed E-state index contributed by atoms with van der Waals surface area (Å²) < 4.78 is 37.5. The molecule has 1 aromatic rings. The maximum absolute atomic E-state index is 12.5. The van der Waals surface area contributed by atoms with Gasteiger partial charge >= 0.3 is 6.18 Å². The van der Waals surface area contributed by atoms with Crippen LogP contribution in [0.15, 0.2) is 24.3 Å². The Morgan fingerprint density at radius 1 is 1.22 bits per heavy atom. The lowest BCUT2D eigenvalue weighted by atomic mass is 9.99. The van der Waals surface area contributed by atoms with Crippen molar-refractivity contribution in [3.8, 4) is 0 Å². The summed E-state index contributed by atoms with van der Waals surface area (Å²) in [6.07, 6.45) is -3.64. The van der Waals surface area contributed by atoms with E-state index in [1.165, 1.54) is 0 Å². The van der Waals surface area contributed by atoms with Crippen molar-refractivity contribution in [1.29, 1.82) is 0 Å². The Kier molecular flexibility index (Phi) is 5.66. The Morgan fingerprint density at radius 2 is 1.89 bits per heavy atom. The molecule has 0 aliphatic carbocycles. The molecule has 0 bridgehead atoms. The number of alkyl halides is 3. The molecule has 1 atom stereocenters. The predicted octanol–water partition coefficient (Wildman–Crippen LogP) is 3.86. The summed E-state index contributed by atoms with van der Waals surface area (Å²) in [6.45, 7) is 4.50. The van der Waals surface area contributed by atoms with E-state index in [9.17, 15) is 13.2 Å². The van der Waals surface area contributed by atoms with E-state index in [-0.39, 0.29) is 0 Å². The van der Waals surface area contributed by atoms with Gasteiger partial charge in [0.25, 0.3) is 0 Å². The lowest BCUT2D eigenvalue weighted by molar-refractivity contribution is -0.139. The van der Waals surface area contributed by atoms with Crippen LogP contribution < -0.4 is 5.32 Å². The minimum atomic E-state index is -4.12. The average molecular weight is 259 g/mol. The molecule has 0 aliphatic rings. The van der Waals surface area contributed by atoms with Gasteiger partial charge in [-0.05, 0) is 37.4 Å². The lowest BCUT2D eigenvalue weighted by Crippen LogP contribution is -2.36. The molecule has 0 saturated heterocycles. The van der Waals surface area contributed by atoms with Crippen LogP contribution in [0.2, 0.25) is 0 Å². The number of halogens is 3. The highest BCUT2D eigenvalue weighted by Gasteiger charge is 2.31. The first-order valence-corrected chi connectivity index (χ1v) is 6.27. The smallest absolute Gasteiger partial charge is 0.313 e. The minimum Gasteiger partial charge on any atom is -0.313 e. The highest BCUT2D eigenvalue weighted by molar-refractivity contribution is 5.26. The predicted molar refractivity (Wildman–Crippen MR) is 67.6 cm³/mol. The molecule has 0 heterocycles. The van der Waals surface area contributed by atoms with Gasteiger partial charge < -0.3 is 5.32 Å². The topological polar surface area (TPSA) is 12.0 Å². The molecular formula is C14H20F3N. The molecule has 0 fully saturated rings. The summed E-state index contributed by atoms with van der Waals surface area (Å²) in [6, 6.07) is 7.06. The molecule has 1 rings (SSSR count). The van der Waals surface area contributed by atoms with Crippen molar-refractivity contribution >= 4 is 0 Å². The zero-order chi connectivity index (χ0) is 13.6. The Labute approximate surface area is 106 Å². The molecule has 102 valence electrons. The molecule has 18 heavy (non-hydrogen) atoms. The summed E-state index contributed by atoms with van der Waals surface area (Å²) in [4.78, 5) is 0. The first-order valence-electron chi connectivity index (χ1n) is 6.27. The minimum absolute atomic E-state index is 0.423. The van der Waals surface area contributed by atoms with E-state index in [1.54, 1.807) is 0 Å². The molecule has 0 spiro atoms. The van der Waals surface area contributed by atoms with Gasteiger partial charge in [-0.15, -0.1) is 0 Å². The van der Waals surface area contributed by atoms with Gasteiger partial charge in [0.1, 0.15) is 0 Å². The van der Waals surface area contributed by atoms with E-state index in [0.717, 1.165) is 17.5 Å². The third-order valence-electron chi connectivity index (χ3n) is 2.89. The van der Waals surface area contributed by atoms with Crippen molar-refractivity contribution < 1.29 is 13.2 Å². The molecule has 1 N–H and O–H groups in total. The van der Waals surface area contributed by atoms with Gasteiger partial charge in [0.2, 0.25) is 0 Å². The maximum atomic E-state index is 12.5. The number of hydrogen-bond acceptors (Lipinski definition) is 1. The zero-order valence-corrected chi connectivity index (χ0v) is 10.8. The first kappa shape index (κ1) is 15.0. The van der Waals surface area contributed by atoms with Gasteiger partial charge in [0.05, 0.1) is 6.42 Å². The van der Waals surface area contributed by atoms with Crippen molar-refractivity contribution in [2.45, 2.75) is 45.3 Å². The fraction of sp³-hybridized carbons (Fsp3) is 0.571. The highest BCUT2D eigenvalue weighted by atomic mass is 19.4. The molecule has 0 aliphatic heterocycles. The number of hydrogen-bond donors (Lipinski definition) is 1. The van der Waals surface area contributed by atoms with Crippen LogP contribution in [0.3, 0.4) is 0 Å². The van der Waals surface area contributed by atoms with Gasteiger partial charge in [-0.25, -0.2) is 0 Å².